The molecule has 0 aliphatic rings. The average Bonchev–Trinajstić information content (AvgIpc) is 1.86. The van der Waals surface area contributed by atoms with Gasteiger partial charge in [0.25, 0.3) is 0 Å². The summed E-state index contributed by atoms with van der Waals surface area (Å²) in [4.78, 5) is 25.5. The minimum absolute atomic E-state index is 0.0556. The number of hydrogen-bond acceptors (Lipinski definition) is 7. The molecule has 0 saturated heterocycles. The Kier molecular flexibility index (Phi) is 2.90. The number of rotatable bonds is 4. The predicted octanol–water partition coefficient (Wildman–Crippen LogP) is -0.209. The molecule has 0 radical (unpaired) electrons. The van der Waals surface area contributed by atoms with E-state index in [1.807, 2.05) is 0 Å². The molecule has 0 unspecified atom stereocenters. The van der Waals surface area contributed by atoms with Gasteiger partial charge in [0.05, 0.1) is 11.8 Å². The first-order valence-corrected chi connectivity index (χ1v) is 3.60. The fourth-order valence-electron chi connectivity index (χ4n) is 0.424. The van der Waals surface area contributed by atoms with E-state index >= 15 is 0 Å². The van der Waals surface area contributed by atoms with Crippen LogP contribution in [0.25, 0.3) is 0 Å². The lowest BCUT2D eigenvalue weighted by Crippen LogP contribution is -2.49. The average molecular weight is 197 g/mol. The zero-order valence-electron chi connectivity index (χ0n) is 5.70. The fraction of sp³-hybridized carbons (Fsp3) is 1.00. The van der Waals surface area contributed by atoms with Gasteiger partial charge in [-0.25, -0.2) is 0 Å². The van der Waals surface area contributed by atoms with Gasteiger partial charge >= 0.3 is 5.12 Å². The molecule has 0 amide bonds. The lowest BCUT2D eigenvalue weighted by Gasteiger charge is -2.03. The highest BCUT2D eigenvalue weighted by atomic mass is 32.2. The molecule has 0 aliphatic carbocycles. The highest BCUT2D eigenvalue weighted by molar-refractivity contribution is 7.99. The molecule has 0 aliphatic heterocycles. The van der Waals surface area contributed by atoms with Gasteiger partial charge in [-0.15, -0.1) is 0 Å². The Hall–Kier alpha value is -1.45. The molecular weight excluding hydrogens is 194 g/mol. The molecule has 12 heavy (non-hydrogen) atoms. The zero-order chi connectivity index (χ0) is 9.94. The first kappa shape index (κ1) is 10.6. The molecule has 0 aromatic rings. The van der Waals surface area contributed by atoms with Crippen LogP contribution in [0.15, 0.2) is 0 Å². The van der Waals surface area contributed by atoms with Crippen LogP contribution in [0.3, 0.4) is 0 Å². The maximum Gasteiger partial charge on any atom is 0.753 e. The van der Waals surface area contributed by atoms with Crippen molar-refractivity contribution >= 4 is 11.8 Å². The summed E-state index contributed by atoms with van der Waals surface area (Å²) in [5, 5.41) is 26.7. The summed E-state index contributed by atoms with van der Waals surface area (Å²) in [5.41, 5.74) is 0. The van der Waals surface area contributed by atoms with E-state index in [0.717, 1.165) is 6.26 Å². The van der Waals surface area contributed by atoms with Crippen LogP contribution in [-0.4, -0.2) is 26.1 Å². The Morgan fingerprint density at radius 2 is 1.25 bits per heavy atom. The van der Waals surface area contributed by atoms with Gasteiger partial charge in [-0.2, -0.15) is 0 Å². The molecule has 0 rings (SSSR count). The third kappa shape index (κ3) is 1.28. The monoisotopic (exact) mass is 197 g/mol. The second-order valence-electron chi connectivity index (χ2n) is 1.55. The van der Waals surface area contributed by atoms with E-state index in [0.29, 0.717) is 0 Å². The summed E-state index contributed by atoms with van der Waals surface area (Å²) in [6.07, 6.45) is 0.925. The van der Waals surface area contributed by atoms with Gasteiger partial charge in [-0.3, -0.25) is 30.3 Å². The van der Waals surface area contributed by atoms with E-state index in [1.54, 1.807) is 0 Å². The standard InChI is InChI=1S/C2H3N3O6S/c1-12-2(3(6)7,4(8)9)5(10)11/h1H3. The van der Waals surface area contributed by atoms with Crippen molar-refractivity contribution in [2.24, 2.45) is 0 Å². The van der Waals surface area contributed by atoms with Gasteiger partial charge in [0.1, 0.15) is 0 Å². The van der Waals surface area contributed by atoms with E-state index in [4.69, 9.17) is 0 Å². The van der Waals surface area contributed by atoms with Crippen LogP contribution >= 0.6 is 11.8 Å². The van der Waals surface area contributed by atoms with Crippen LogP contribution in [0.1, 0.15) is 0 Å². The molecule has 0 N–H and O–H groups in total. The first-order chi connectivity index (χ1) is 5.39. The summed E-state index contributed by atoms with van der Waals surface area (Å²) in [6, 6.07) is 0. The molecule has 10 heteroatoms. The van der Waals surface area contributed by atoms with Crippen molar-refractivity contribution in [2.75, 3.05) is 6.26 Å². The molecule has 0 atom stereocenters. The Balaban J connectivity index is 5.19. The molecule has 0 spiro atoms. The SMILES string of the molecule is CSC([N+](=O)[O-])([N+](=O)[O-])[N+](=O)[O-]. The zero-order valence-corrected chi connectivity index (χ0v) is 6.52. The summed E-state index contributed by atoms with van der Waals surface area (Å²) >= 11 is -0.0556. The Morgan fingerprint density at radius 1 is 1.00 bits per heavy atom. The van der Waals surface area contributed by atoms with Crippen molar-refractivity contribution in [3.63, 3.8) is 0 Å². The number of nitro groups is 3. The van der Waals surface area contributed by atoms with E-state index in [9.17, 15) is 30.3 Å². The highest BCUT2D eigenvalue weighted by Gasteiger charge is 2.70. The van der Waals surface area contributed by atoms with Crippen molar-refractivity contribution in [2.45, 2.75) is 5.12 Å². The van der Waals surface area contributed by atoms with Gasteiger partial charge < -0.3 is 0 Å². The van der Waals surface area contributed by atoms with Crippen molar-refractivity contribution in [1.82, 2.24) is 0 Å². The number of thioether (sulfide) groups is 1. The smallest absolute Gasteiger partial charge is 0.252 e. The Morgan fingerprint density at radius 3 is 1.25 bits per heavy atom. The molecule has 0 bridgehead atoms. The minimum Gasteiger partial charge on any atom is -0.252 e. The summed E-state index contributed by atoms with van der Waals surface area (Å²) in [5.74, 6) is 0. The fourth-order valence-corrected chi connectivity index (χ4v) is 0.871. The Bertz CT molecular complexity index is 203. The molecule has 0 aromatic heterocycles. The normalized spacial score (nSPS) is 10.8. The Labute approximate surface area is 69.2 Å². The summed E-state index contributed by atoms with van der Waals surface area (Å²) in [7, 11) is 0. The van der Waals surface area contributed by atoms with Crippen LogP contribution in [0.4, 0.5) is 0 Å². The second kappa shape index (κ2) is 3.30. The van der Waals surface area contributed by atoms with E-state index in [-0.39, 0.29) is 11.8 Å². The molecular formula is C2H3N3O6S. The van der Waals surface area contributed by atoms with Crippen LogP contribution in [0, 0.1) is 30.3 Å². The van der Waals surface area contributed by atoms with Crippen LogP contribution < -0.4 is 0 Å². The van der Waals surface area contributed by atoms with Crippen LogP contribution in [0.5, 0.6) is 0 Å². The van der Waals surface area contributed by atoms with Gasteiger partial charge in [0.15, 0.2) is 14.8 Å². The topological polar surface area (TPSA) is 129 Å². The first-order valence-electron chi connectivity index (χ1n) is 2.38. The maximum absolute atomic E-state index is 10.0. The molecule has 0 saturated carbocycles. The number of hydrogen-bond donors (Lipinski definition) is 0. The second-order valence-corrected chi connectivity index (χ2v) is 2.51. The van der Waals surface area contributed by atoms with Gasteiger partial charge in [-0.05, 0) is 0 Å². The van der Waals surface area contributed by atoms with Gasteiger partial charge in [0.2, 0.25) is 0 Å². The third-order valence-corrected chi connectivity index (χ3v) is 1.98. The number of nitrogens with zero attached hydrogens (tertiary/aromatic N) is 3. The molecule has 0 fully saturated rings. The van der Waals surface area contributed by atoms with E-state index in [1.165, 1.54) is 0 Å². The van der Waals surface area contributed by atoms with Crippen LogP contribution in [-0.2, 0) is 0 Å². The van der Waals surface area contributed by atoms with E-state index < -0.39 is 19.9 Å². The maximum atomic E-state index is 10.0. The molecule has 9 nitrogen and oxygen atoms in total. The predicted molar refractivity (Wildman–Crippen MR) is 37.2 cm³/mol. The molecule has 0 aromatic carbocycles. The minimum atomic E-state index is -3.38. The lowest BCUT2D eigenvalue weighted by atomic mass is 10.9. The quantitative estimate of drug-likeness (QED) is 0.346. The van der Waals surface area contributed by atoms with Crippen molar-refractivity contribution in [3.8, 4) is 0 Å². The van der Waals surface area contributed by atoms with Crippen molar-refractivity contribution in [1.29, 1.82) is 0 Å². The summed E-state index contributed by atoms with van der Waals surface area (Å²) < 4.78 is 0. The molecule has 0 heterocycles. The van der Waals surface area contributed by atoms with Gasteiger partial charge in [-0.1, -0.05) is 0 Å². The van der Waals surface area contributed by atoms with Gasteiger partial charge in [0, 0.05) is 6.26 Å². The van der Waals surface area contributed by atoms with Crippen LogP contribution in [0.2, 0.25) is 0 Å². The third-order valence-electron chi connectivity index (χ3n) is 0.987. The van der Waals surface area contributed by atoms with E-state index in [2.05, 4.69) is 0 Å². The summed E-state index contributed by atoms with van der Waals surface area (Å²) in [6.45, 7) is 0. The van der Waals surface area contributed by atoms with Crippen molar-refractivity contribution in [3.05, 3.63) is 30.3 Å². The molecule has 68 valence electrons. The largest absolute Gasteiger partial charge is 0.753 e. The van der Waals surface area contributed by atoms with Crippen molar-refractivity contribution < 1.29 is 14.8 Å². The lowest BCUT2D eigenvalue weighted by molar-refractivity contribution is -0.933. The highest BCUT2D eigenvalue weighted by Crippen LogP contribution is 2.24.